The zero-order valence-corrected chi connectivity index (χ0v) is 18.3. The fourth-order valence-electron chi connectivity index (χ4n) is 4.05. The van der Waals surface area contributed by atoms with Crippen LogP contribution in [0.1, 0.15) is 48.2 Å². The van der Waals surface area contributed by atoms with E-state index >= 15 is 0 Å². The molecular weight excluding hydrogens is 393 g/mol. The molecule has 6 nitrogen and oxygen atoms in total. The van der Waals surface area contributed by atoms with Gasteiger partial charge in [-0.2, -0.15) is 0 Å². The Kier molecular flexibility index (Phi) is 6.02. The number of benzene rings is 2. The van der Waals surface area contributed by atoms with Gasteiger partial charge in [0.1, 0.15) is 11.6 Å². The van der Waals surface area contributed by atoms with E-state index in [-0.39, 0.29) is 17.5 Å². The minimum Gasteiger partial charge on any atom is -0.370 e. The Labute approximate surface area is 182 Å². The lowest BCUT2D eigenvalue weighted by atomic mass is 10.0. The first kappa shape index (κ1) is 21.0. The van der Waals surface area contributed by atoms with Crippen LogP contribution in [0.3, 0.4) is 0 Å². The molecule has 0 N–H and O–H groups in total. The van der Waals surface area contributed by atoms with Gasteiger partial charge in [0.25, 0.3) is 5.91 Å². The Morgan fingerprint density at radius 3 is 2.48 bits per heavy atom. The molecule has 2 heterocycles. The number of para-hydroxylation sites is 1. The first-order valence-corrected chi connectivity index (χ1v) is 10.8. The molecule has 3 aromatic rings. The standard InChI is InChI=1S/C24H28FN5O/c1-17(2)21-7-4-5-8-22(21)30-18(3)26-23(27-30)24(31)29-14-6-13-28(15-16-29)20-11-9-19(25)10-12-20/h4-5,7-12,17H,6,13-16H2,1-3H3. The van der Waals surface area contributed by atoms with Gasteiger partial charge in [0.2, 0.25) is 5.82 Å². The van der Waals surface area contributed by atoms with Crippen LogP contribution >= 0.6 is 0 Å². The van der Waals surface area contributed by atoms with Crippen LogP contribution in [-0.2, 0) is 0 Å². The second-order valence-electron chi connectivity index (χ2n) is 8.22. The van der Waals surface area contributed by atoms with E-state index < -0.39 is 0 Å². The maximum absolute atomic E-state index is 13.2. The summed E-state index contributed by atoms with van der Waals surface area (Å²) < 4.78 is 15.0. The van der Waals surface area contributed by atoms with Crippen molar-refractivity contribution in [1.82, 2.24) is 19.7 Å². The molecule has 31 heavy (non-hydrogen) atoms. The van der Waals surface area contributed by atoms with Gasteiger partial charge < -0.3 is 9.80 Å². The van der Waals surface area contributed by atoms with Crippen molar-refractivity contribution in [3.05, 3.63) is 71.6 Å². The summed E-state index contributed by atoms with van der Waals surface area (Å²) in [4.78, 5) is 21.7. The second-order valence-corrected chi connectivity index (χ2v) is 8.22. The number of rotatable bonds is 4. The van der Waals surface area contributed by atoms with Crippen molar-refractivity contribution < 1.29 is 9.18 Å². The minimum atomic E-state index is -0.244. The van der Waals surface area contributed by atoms with E-state index in [1.165, 1.54) is 17.7 Å². The summed E-state index contributed by atoms with van der Waals surface area (Å²) >= 11 is 0. The molecule has 162 valence electrons. The topological polar surface area (TPSA) is 54.3 Å². The number of amides is 1. The molecule has 4 rings (SSSR count). The first-order valence-electron chi connectivity index (χ1n) is 10.8. The van der Waals surface area contributed by atoms with Gasteiger partial charge >= 0.3 is 0 Å². The van der Waals surface area contributed by atoms with Gasteiger partial charge in [0.05, 0.1) is 5.69 Å². The van der Waals surface area contributed by atoms with Crippen LogP contribution in [0.4, 0.5) is 10.1 Å². The smallest absolute Gasteiger partial charge is 0.293 e. The van der Waals surface area contributed by atoms with Crippen molar-refractivity contribution in [3.63, 3.8) is 0 Å². The molecule has 7 heteroatoms. The van der Waals surface area contributed by atoms with E-state index in [1.54, 1.807) is 16.8 Å². The summed E-state index contributed by atoms with van der Waals surface area (Å²) in [7, 11) is 0. The molecule has 1 fully saturated rings. The van der Waals surface area contributed by atoms with Gasteiger partial charge in [0, 0.05) is 31.9 Å². The van der Waals surface area contributed by atoms with Crippen molar-refractivity contribution >= 4 is 11.6 Å². The third-order valence-corrected chi connectivity index (χ3v) is 5.72. The number of halogens is 1. The highest BCUT2D eigenvalue weighted by molar-refractivity contribution is 5.90. The highest BCUT2D eigenvalue weighted by atomic mass is 19.1. The van der Waals surface area contributed by atoms with Crippen LogP contribution in [0.25, 0.3) is 5.69 Å². The third kappa shape index (κ3) is 4.45. The molecule has 0 saturated carbocycles. The van der Waals surface area contributed by atoms with Crippen molar-refractivity contribution in [2.24, 2.45) is 0 Å². The molecule has 0 radical (unpaired) electrons. The number of hydrogen-bond acceptors (Lipinski definition) is 4. The lowest BCUT2D eigenvalue weighted by molar-refractivity contribution is 0.0755. The quantitative estimate of drug-likeness (QED) is 0.634. The Balaban J connectivity index is 1.52. The van der Waals surface area contributed by atoms with Gasteiger partial charge in [0.15, 0.2) is 0 Å². The summed E-state index contributed by atoms with van der Waals surface area (Å²) in [6.07, 6.45) is 0.832. The molecule has 0 bridgehead atoms. The van der Waals surface area contributed by atoms with Crippen LogP contribution < -0.4 is 4.90 Å². The molecule has 1 saturated heterocycles. The van der Waals surface area contributed by atoms with E-state index in [2.05, 4.69) is 34.9 Å². The zero-order chi connectivity index (χ0) is 22.0. The normalized spacial score (nSPS) is 14.7. The molecule has 1 aliphatic rings. The molecule has 0 atom stereocenters. The van der Waals surface area contributed by atoms with Crippen LogP contribution in [0, 0.1) is 12.7 Å². The minimum absolute atomic E-state index is 0.148. The number of aromatic nitrogens is 3. The monoisotopic (exact) mass is 421 g/mol. The number of hydrogen-bond donors (Lipinski definition) is 0. The molecule has 1 aliphatic heterocycles. The predicted octanol–water partition coefficient (Wildman–Crippen LogP) is 4.19. The summed E-state index contributed by atoms with van der Waals surface area (Å²) in [6.45, 7) is 8.88. The summed E-state index contributed by atoms with van der Waals surface area (Å²) in [5.74, 6) is 0.865. The molecule has 0 unspecified atom stereocenters. The average Bonchev–Trinajstić information content (AvgIpc) is 2.99. The van der Waals surface area contributed by atoms with E-state index in [9.17, 15) is 9.18 Å². The lowest BCUT2D eigenvalue weighted by Crippen LogP contribution is -2.35. The highest BCUT2D eigenvalue weighted by Crippen LogP contribution is 2.23. The Morgan fingerprint density at radius 2 is 1.74 bits per heavy atom. The molecule has 0 aliphatic carbocycles. The van der Waals surface area contributed by atoms with Crippen molar-refractivity contribution in [3.8, 4) is 5.69 Å². The largest absolute Gasteiger partial charge is 0.370 e. The van der Waals surface area contributed by atoms with E-state index in [0.717, 1.165) is 24.3 Å². The van der Waals surface area contributed by atoms with Crippen LogP contribution in [0.15, 0.2) is 48.5 Å². The Morgan fingerprint density at radius 1 is 1.00 bits per heavy atom. The number of nitrogens with zero attached hydrogens (tertiary/aromatic N) is 5. The second kappa shape index (κ2) is 8.88. The van der Waals surface area contributed by atoms with Crippen molar-refractivity contribution in [2.45, 2.75) is 33.1 Å². The van der Waals surface area contributed by atoms with Crippen LogP contribution in [-0.4, -0.2) is 51.8 Å². The van der Waals surface area contributed by atoms with Gasteiger partial charge in [-0.05, 0) is 55.2 Å². The number of carbonyl (C=O) groups excluding carboxylic acids is 1. The molecule has 1 aromatic heterocycles. The van der Waals surface area contributed by atoms with Crippen LogP contribution in [0.5, 0.6) is 0 Å². The van der Waals surface area contributed by atoms with E-state index in [4.69, 9.17) is 0 Å². The molecular formula is C24H28FN5O. The van der Waals surface area contributed by atoms with Crippen molar-refractivity contribution in [2.75, 3.05) is 31.1 Å². The third-order valence-electron chi connectivity index (χ3n) is 5.72. The Bertz CT molecular complexity index is 1060. The Hall–Kier alpha value is -3.22. The summed E-state index contributed by atoms with van der Waals surface area (Å²) in [6, 6.07) is 14.6. The van der Waals surface area contributed by atoms with E-state index in [0.29, 0.717) is 31.4 Å². The maximum Gasteiger partial charge on any atom is 0.293 e. The summed E-state index contributed by atoms with van der Waals surface area (Å²) in [5, 5.41) is 4.57. The summed E-state index contributed by atoms with van der Waals surface area (Å²) in [5.41, 5.74) is 3.10. The fourth-order valence-corrected chi connectivity index (χ4v) is 4.05. The SMILES string of the molecule is Cc1nc(C(=O)N2CCCN(c3ccc(F)cc3)CC2)nn1-c1ccccc1C(C)C. The average molecular weight is 422 g/mol. The molecule has 0 spiro atoms. The van der Waals surface area contributed by atoms with Crippen molar-refractivity contribution in [1.29, 1.82) is 0 Å². The molecule has 1 amide bonds. The van der Waals surface area contributed by atoms with Gasteiger partial charge in [-0.25, -0.2) is 14.1 Å². The van der Waals surface area contributed by atoms with Crippen LogP contribution in [0.2, 0.25) is 0 Å². The van der Waals surface area contributed by atoms with Gasteiger partial charge in [-0.3, -0.25) is 4.79 Å². The number of aryl methyl sites for hydroxylation is 1. The number of carbonyl (C=O) groups is 1. The fraction of sp³-hybridized carbons (Fsp3) is 0.375. The highest BCUT2D eigenvalue weighted by Gasteiger charge is 2.25. The zero-order valence-electron chi connectivity index (χ0n) is 18.3. The lowest BCUT2D eigenvalue weighted by Gasteiger charge is -2.23. The maximum atomic E-state index is 13.2. The predicted molar refractivity (Wildman–Crippen MR) is 119 cm³/mol. The van der Waals surface area contributed by atoms with Gasteiger partial charge in [-0.15, -0.1) is 5.10 Å². The van der Waals surface area contributed by atoms with Gasteiger partial charge in [-0.1, -0.05) is 32.0 Å². The van der Waals surface area contributed by atoms with E-state index in [1.807, 2.05) is 30.0 Å². The molecule has 2 aromatic carbocycles. The first-order chi connectivity index (χ1) is 14.9. The number of anilines is 1.